The number of rotatable bonds is 6. The summed E-state index contributed by atoms with van der Waals surface area (Å²) >= 11 is 0. The van der Waals surface area contributed by atoms with Crippen LogP contribution in [0.2, 0.25) is 0 Å². The van der Waals surface area contributed by atoms with Crippen molar-refractivity contribution in [2.45, 2.75) is 33.7 Å². The minimum Gasteiger partial charge on any atom is -0.338 e. The van der Waals surface area contributed by atoms with E-state index in [4.69, 9.17) is 4.52 Å². The van der Waals surface area contributed by atoms with E-state index < -0.39 is 0 Å². The zero-order valence-corrected chi connectivity index (χ0v) is 13.1. The minimum atomic E-state index is -0.257. The van der Waals surface area contributed by atoms with E-state index in [1.807, 2.05) is 7.05 Å². The zero-order valence-electron chi connectivity index (χ0n) is 13.1. The average molecular weight is 291 g/mol. The molecule has 1 aromatic carbocycles. The molecule has 0 aliphatic carbocycles. The van der Waals surface area contributed by atoms with Crippen molar-refractivity contribution >= 4 is 0 Å². The molecule has 2 aromatic rings. The number of aryl methyl sites for hydroxylation is 1. The fraction of sp³-hybridized carbons (Fsp3) is 0.500. The van der Waals surface area contributed by atoms with Gasteiger partial charge in [-0.1, -0.05) is 37.6 Å². The Bertz CT molecular complexity index is 597. The van der Waals surface area contributed by atoms with Crippen LogP contribution < -0.4 is 0 Å². The van der Waals surface area contributed by atoms with Crippen molar-refractivity contribution in [3.05, 3.63) is 35.5 Å². The third-order valence-electron chi connectivity index (χ3n) is 3.62. The van der Waals surface area contributed by atoms with E-state index >= 15 is 0 Å². The number of halogens is 1. The number of aromatic nitrogens is 2. The highest BCUT2D eigenvalue weighted by molar-refractivity contribution is 5.54. The number of nitrogens with zero attached hydrogens (tertiary/aromatic N) is 3. The van der Waals surface area contributed by atoms with Gasteiger partial charge in [-0.05, 0) is 31.5 Å². The largest absolute Gasteiger partial charge is 0.338 e. The maximum Gasteiger partial charge on any atom is 0.241 e. The molecule has 5 heteroatoms. The Balaban J connectivity index is 2.05. The number of benzene rings is 1. The Hall–Kier alpha value is -1.75. The van der Waals surface area contributed by atoms with Gasteiger partial charge in [0.25, 0.3) is 0 Å². The summed E-state index contributed by atoms with van der Waals surface area (Å²) in [6, 6.07) is 4.96. The predicted octanol–water partition coefficient (Wildman–Crippen LogP) is 3.66. The minimum absolute atomic E-state index is 0.257. The quantitative estimate of drug-likeness (QED) is 0.814. The van der Waals surface area contributed by atoms with Gasteiger partial charge in [-0.3, -0.25) is 4.90 Å². The molecule has 0 bridgehead atoms. The molecule has 0 amide bonds. The average Bonchev–Trinajstić information content (AvgIpc) is 2.90. The monoisotopic (exact) mass is 291 g/mol. The van der Waals surface area contributed by atoms with Crippen molar-refractivity contribution in [2.75, 3.05) is 13.6 Å². The molecular weight excluding hydrogens is 269 g/mol. The van der Waals surface area contributed by atoms with Crippen LogP contribution in [0.5, 0.6) is 0 Å². The zero-order chi connectivity index (χ0) is 15.4. The lowest BCUT2D eigenvalue weighted by Gasteiger charge is -2.18. The van der Waals surface area contributed by atoms with Gasteiger partial charge in [0.05, 0.1) is 6.54 Å². The lowest BCUT2D eigenvalue weighted by atomic mass is 10.1. The topological polar surface area (TPSA) is 42.2 Å². The molecule has 21 heavy (non-hydrogen) atoms. The van der Waals surface area contributed by atoms with Crippen LogP contribution in [0.3, 0.4) is 0 Å². The Kier molecular flexibility index (Phi) is 5.07. The van der Waals surface area contributed by atoms with Crippen molar-refractivity contribution in [2.24, 2.45) is 5.92 Å². The fourth-order valence-electron chi connectivity index (χ4n) is 2.12. The van der Waals surface area contributed by atoms with Gasteiger partial charge in [-0.2, -0.15) is 4.98 Å². The van der Waals surface area contributed by atoms with Crippen LogP contribution in [-0.4, -0.2) is 28.6 Å². The molecule has 4 nitrogen and oxygen atoms in total. The van der Waals surface area contributed by atoms with E-state index in [1.165, 1.54) is 6.07 Å². The molecule has 0 spiro atoms. The molecule has 0 fully saturated rings. The van der Waals surface area contributed by atoms with E-state index in [0.717, 1.165) is 13.0 Å². The highest BCUT2D eigenvalue weighted by Crippen LogP contribution is 2.19. The molecule has 1 unspecified atom stereocenters. The van der Waals surface area contributed by atoms with Crippen LogP contribution in [0.15, 0.2) is 22.7 Å². The molecule has 0 N–H and O–H groups in total. The number of hydrogen-bond donors (Lipinski definition) is 0. The van der Waals surface area contributed by atoms with Crippen LogP contribution in [0.1, 0.15) is 31.7 Å². The van der Waals surface area contributed by atoms with Crippen molar-refractivity contribution in [3.8, 4) is 11.4 Å². The van der Waals surface area contributed by atoms with Crippen LogP contribution in [0, 0.1) is 18.7 Å². The van der Waals surface area contributed by atoms with E-state index in [2.05, 4.69) is 28.9 Å². The summed E-state index contributed by atoms with van der Waals surface area (Å²) < 4.78 is 18.8. The first-order chi connectivity index (χ1) is 9.99. The Labute approximate surface area is 125 Å². The second kappa shape index (κ2) is 6.80. The summed E-state index contributed by atoms with van der Waals surface area (Å²) in [6.45, 7) is 7.70. The van der Waals surface area contributed by atoms with Gasteiger partial charge < -0.3 is 4.52 Å². The van der Waals surface area contributed by atoms with E-state index in [1.54, 1.807) is 19.1 Å². The third-order valence-corrected chi connectivity index (χ3v) is 3.62. The number of hydrogen-bond acceptors (Lipinski definition) is 4. The molecule has 1 atom stereocenters. The molecular formula is C16H22FN3O. The second-order valence-corrected chi connectivity index (χ2v) is 5.69. The van der Waals surface area contributed by atoms with Crippen LogP contribution in [0.25, 0.3) is 11.4 Å². The highest BCUT2D eigenvalue weighted by Gasteiger charge is 2.13. The summed E-state index contributed by atoms with van der Waals surface area (Å²) in [5.74, 6) is 1.36. The normalized spacial score (nSPS) is 12.9. The lowest BCUT2D eigenvalue weighted by molar-refractivity contribution is 0.237. The third kappa shape index (κ3) is 4.11. The molecule has 1 aromatic heterocycles. The van der Waals surface area contributed by atoms with Crippen LogP contribution in [-0.2, 0) is 6.54 Å². The second-order valence-electron chi connectivity index (χ2n) is 5.69. The molecule has 0 aliphatic heterocycles. The van der Waals surface area contributed by atoms with Crippen molar-refractivity contribution in [1.82, 2.24) is 15.0 Å². The Morgan fingerprint density at radius 3 is 2.81 bits per heavy atom. The standard InChI is InChI=1S/C16H22FN3O/c1-5-11(2)9-20(4)10-15-18-16(19-21-15)13-7-6-12(3)14(17)8-13/h6-8,11H,5,9-10H2,1-4H3. The van der Waals surface area contributed by atoms with Crippen molar-refractivity contribution in [3.63, 3.8) is 0 Å². The van der Waals surface area contributed by atoms with Gasteiger partial charge in [-0.15, -0.1) is 0 Å². The fourth-order valence-corrected chi connectivity index (χ4v) is 2.12. The van der Waals surface area contributed by atoms with Crippen LogP contribution >= 0.6 is 0 Å². The van der Waals surface area contributed by atoms with Crippen molar-refractivity contribution in [1.29, 1.82) is 0 Å². The highest BCUT2D eigenvalue weighted by atomic mass is 19.1. The van der Waals surface area contributed by atoms with E-state index in [-0.39, 0.29) is 5.82 Å². The summed E-state index contributed by atoms with van der Waals surface area (Å²) in [5.41, 5.74) is 1.24. The summed E-state index contributed by atoms with van der Waals surface area (Å²) in [7, 11) is 2.03. The van der Waals surface area contributed by atoms with Gasteiger partial charge in [0, 0.05) is 12.1 Å². The van der Waals surface area contributed by atoms with Gasteiger partial charge in [0.15, 0.2) is 0 Å². The summed E-state index contributed by atoms with van der Waals surface area (Å²) in [6.07, 6.45) is 1.14. The van der Waals surface area contributed by atoms with Crippen LogP contribution in [0.4, 0.5) is 4.39 Å². The van der Waals surface area contributed by atoms with Gasteiger partial charge >= 0.3 is 0 Å². The molecule has 0 aliphatic rings. The first-order valence-electron chi connectivity index (χ1n) is 7.27. The smallest absolute Gasteiger partial charge is 0.241 e. The predicted molar refractivity (Wildman–Crippen MR) is 80.2 cm³/mol. The van der Waals surface area contributed by atoms with Gasteiger partial charge in [0.2, 0.25) is 11.7 Å². The Morgan fingerprint density at radius 2 is 2.14 bits per heavy atom. The maximum absolute atomic E-state index is 13.6. The molecule has 114 valence electrons. The first-order valence-corrected chi connectivity index (χ1v) is 7.27. The summed E-state index contributed by atoms with van der Waals surface area (Å²) in [5, 5.41) is 3.93. The molecule has 2 rings (SSSR count). The Morgan fingerprint density at radius 1 is 1.38 bits per heavy atom. The SMILES string of the molecule is CCC(C)CN(C)Cc1nc(-c2ccc(C)c(F)c2)no1. The van der Waals surface area contributed by atoms with E-state index in [9.17, 15) is 4.39 Å². The lowest BCUT2D eigenvalue weighted by Crippen LogP contribution is -2.23. The van der Waals surface area contributed by atoms with E-state index in [0.29, 0.717) is 35.3 Å². The van der Waals surface area contributed by atoms with Crippen molar-refractivity contribution < 1.29 is 8.91 Å². The maximum atomic E-state index is 13.6. The summed E-state index contributed by atoms with van der Waals surface area (Å²) in [4.78, 5) is 6.49. The van der Waals surface area contributed by atoms with Gasteiger partial charge in [-0.25, -0.2) is 4.39 Å². The molecule has 1 heterocycles. The molecule has 0 radical (unpaired) electrons. The van der Waals surface area contributed by atoms with Gasteiger partial charge in [0.1, 0.15) is 5.82 Å². The first kappa shape index (κ1) is 15.6. The molecule has 0 saturated heterocycles. The molecule has 0 saturated carbocycles.